The first-order chi connectivity index (χ1) is 11.3. The molecule has 0 saturated heterocycles. The molecule has 0 bridgehead atoms. The zero-order valence-electron chi connectivity index (χ0n) is 12.2. The van der Waals surface area contributed by atoms with Crippen LogP contribution in [0.2, 0.25) is 0 Å². The number of carbonyl (C=O) groups is 2. The normalized spacial score (nSPS) is 11.1. The zero-order chi connectivity index (χ0) is 17.7. The summed E-state index contributed by atoms with van der Waals surface area (Å²) in [5.74, 6) is -0.829. The van der Waals surface area contributed by atoms with Crippen molar-refractivity contribution in [2.24, 2.45) is 10.9 Å². The molecule has 0 aliphatic carbocycles. The van der Waals surface area contributed by atoms with Crippen LogP contribution in [-0.2, 0) is 26.2 Å². The van der Waals surface area contributed by atoms with Gasteiger partial charge in [0.05, 0.1) is 6.54 Å². The van der Waals surface area contributed by atoms with Crippen molar-refractivity contribution in [2.75, 3.05) is 11.4 Å². The zero-order valence-corrected chi connectivity index (χ0v) is 13.8. The molecule has 1 heterocycles. The van der Waals surface area contributed by atoms with Gasteiger partial charge in [-0.25, -0.2) is 18.4 Å². The summed E-state index contributed by atoms with van der Waals surface area (Å²) in [7, 11) is -4.11. The second-order valence-corrected chi connectivity index (χ2v) is 7.06. The van der Waals surface area contributed by atoms with Crippen molar-refractivity contribution < 1.29 is 22.7 Å². The second-order valence-electron chi connectivity index (χ2n) is 4.37. The number of primary sulfonamides is 1. The molecule has 0 fully saturated rings. The van der Waals surface area contributed by atoms with E-state index in [1.165, 1.54) is 0 Å². The number of hydrogen-bond donors (Lipinski definition) is 2. The van der Waals surface area contributed by atoms with Crippen molar-refractivity contribution in [1.29, 1.82) is 0 Å². The summed E-state index contributed by atoms with van der Waals surface area (Å²) in [6.45, 7) is -0.598. The lowest BCUT2D eigenvalue weighted by atomic mass is 10.2. The number of nitrogens with zero attached hydrogens (tertiary/aromatic N) is 3. The number of hydrogen-bond acceptors (Lipinski definition) is 9. The summed E-state index contributed by atoms with van der Waals surface area (Å²) in [4.78, 5) is 24.6. The van der Waals surface area contributed by atoms with E-state index >= 15 is 0 Å². The number of sulfonamides is 1. The molecule has 1 aromatic heterocycles. The van der Waals surface area contributed by atoms with Gasteiger partial charge in [0.2, 0.25) is 9.47 Å². The fourth-order valence-corrected chi connectivity index (χ4v) is 3.00. The Bertz CT molecular complexity index is 837. The molecule has 0 atom stereocenters. The Morgan fingerprint density at radius 2 is 1.88 bits per heavy atom. The topological polar surface area (TPSA) is 159 Å². The number of nitrogens with two attached hydrogens (primary N) is 2. The van der Waals surface area contributed by atoms with Crippen LogP contribution < -0.4 is 15.8 Å². The standard InChI is InChI=1S/C12H13N5O5S2/c13-6-9(18)17(10-15-16-11(23-10)24(14,20)21)12(19)22-7-8-4-2-1-3-5-8/h1-5H,6-7,13H2,(H2,14,20,21). The minimum atomic E-state index is -4.11. The monoisotopic (exact) mass is 371 g/mol. The molecule has 2 rings (SSSR count). The van der Waals surface area contributed by atoms with Gasteiger partial charge in [0.1, 0.15) is 6.61 Å². The lowest BCUT2D eigenvalue weighted by Gasteiger charge is -2.16. The molecule has 2 aromatic rings. The number of amides is 2. The predicted octanol–water partition coefficient (Wildman–Crippen LogP) is -0.186. The maximum absolute atomic E-state index is 12.2. The summed E-state index contributed by atoms with van der Waals surface area (Å²) in [5, 5.41) is 11.5. The van der Waals surface area contributed by atoms with E-state index < -0.39 is 32.9 Å². The van der Waals surface area contributed by atoms with Crippen LogP contribution in [0.1, 0.15) is 5.56 Å². The fourth-order valence-electron chi connectivity index (χ4n) is 1.57. The van der Waals surface area contributed by atoms with Crippen molar-refractivity contribution in [3.8, 4) is 0 Å². The summed E-state index contributed by atoms with van der Waals surface area (Å²) >= 11 is 0.455. The van der Waals surface area contributed by atoms with Gasteiger partial charge in [-0.3, -0.25) is 4.79 Å². The van der Waals surface area contributed by atoms with Crippen LogP contribution >= 0.6 is 11.3 Å². The quantitative estimate of drug-likeness (QED) is 0.684. The van der Waals surface area contributed by atoms with Crippen LogP contribution in [0.15, 0.2) is 34.7 Å². The van der Waals surface area contributed by atoms with Crippen LogP contribution in [0.3, 0.4) is 0 Å². The van der Waals surface area contributed by atoms with Gasteiger partial charge >= 0.3 is 6.09 Å². The van der Waals surface area contributed by atoms with Crippen molar-refractivity contribution in [2.45, 2.75) is 10.9 Å². The third kappa shape index (κ3) is 4.32. The Hall–Kier alpha value is -2.41. The molecule has 0 unspecified atom stereocenters. The SMILES string of the molecule is NCC(=O)N(C(=O)OCc1ccccc1)c1nnc(S(N)(=O)=O)s1. The van der Waals surface area contributed by atoms with Gasteiger partial charge in [0.25, 0.3) is 15.9 Å². The van der Waals surface area contributed by atoms with E-state index in [1.807, 2.05) is 0 Å². The van der Waals surface area contributed by atoms with E-state index in [9.17, 15) is 18.0 Å². The van der Waals surface area contributed by atoms with E-state index in [4.69, 9.17) is 15.6 Å². The average molecular weight is 371 g/mol. The van der Waals surface area contributed by atoms with E-state index in [0.29, 0.717) is 21.8 Å². The summed E-state index contributed by atoms with van der Waals surface area (Å²) in [5.41, 5.74) is 5.96. The van der Waals surface area contributed by atoms with E-state index in [1.54, 1.807) is 30.3 Å². The Labute approximate surface area is 141 Å². The number of ether oxygens (including phenoxy) is 1. The van der Waals surface area contributed by atoms with Gasteiger partial charge in [-0.2, -0.15) is 4.90 Å². The molecular formula is C12H13N5O5S2. The van der Waals surface area contributed by atoms with Gasteiger partial charge in [-0.1, -0.05) is 41.7 Å². The predicted molar refractivity (Wildman–Crippen MR) is 84.4 cm³/mol. The Morgan fingerprint density at radius 3 is 2.42 bits per heavy atom. The summed E-state index contributed by atoms with van der Waals surface area (Å²) in [6.07, 6.45) is -1.05. The van der Waals surface area contributed by atoms with Crippen LogP contribution in [0.4, 0.5) is 9.93 Å². The molecule has 1 aromatic carbocycles. The van der Waals surface area contributed by atoms with Crippen LogP contribution in [-0.4, -0.2) is 37.2 Å². The summed E-state index contributed by atoms with van der Waals surface area (Å²) < 4.78 is 27.0. The Kier molecular flexibility index (Phi) is 5.56. The Morgan fingerprint density at radius 1 is 1.21 bits per heavy atom. The van der Waals surface area contributed by atoms with E-state index in [2.05, 4.69) is 10.2 Å². The van der Waals surface area contributed by atoms with Crippen LogP contribution in [0, 0.1) is 0 Å². The van der Waals surface area contributed by atoms with Gasteiger partial charge in [0, 0.05) is 0 Å². The van der Waals surface area contributed by atoms with Gasteiger partial charge in [-0.05, 0) is 5.56 Å². The molecular weight excluding hydrogens is 358 g/mol. The van der Waals surface area contributed by atoms with Crippen molar-refractivity contribution in [3.63, 3.8) is 0 Å². The lowest BCUT2D eigenvalue weighted by Crippen LogP contribution is -2.41. The molecule has 0 spiro atoms. The molecule has 2 amide bonds. The van der Waals surface area contributed by atoms with E-state index in [0.717, 1.165) is 0 Å². The molecule has 0 aliphatic rings. The average Bonchev–Trinajstić information content (AvgIpc) is 3.03. The highest BCUT2D eigenvalue weighted by atomic mass is 32.2. The smallest absolute Gasteiger partial charge is 0.423 e. The van der Waals surface area contributed by atoms with Crippen LogP contribution in [0.25, 0.3) is 0 Å². The number of imide groups is 1. The highest BCUT2D eigenvalue weighted by Crippen LogP contribution is 2.23. The molecule has 0 radical (unpaired) electrons. The molecule has 0 saturated carbocycles. The lowest BCUT2D eigenvalue weighted by molar-refractivity contribution is -0.116. The van der Waals surface area contributed by atoms with Crippen molar-refractivity contribution >= 4 is 38.5 Å². The van der Waals surface area contributed by atoms with Crippen molar-refractivity contribution in [3.05, 3.63) is 35.9 Å². The number of carbonyl (C=O) groups excluding carboxylic acids is 2. The molecule has 24 heavy (non-hydrogen) atoms. The highest BCUT2D eigenvalue weighted by molar-refractivity contribution is 7.91. The Balaban J connectivity index is 2.20. The first-order valence-electron chi connectivity index (χ1n) is 6.43. The molecule has 4 N–H and O–H groups in total. The van der Waals surface area contributed by atoms with E-state index in [-0.39, 0.29) is 11.7 Å². The summed E-state index contributed by atoms with van der Waals surface area (Å²) in [6, 6.07) is 8.77. The van der Waals surface area contributed by atoms with Crippen molar-refractivity contribution in [1.82, 2.24) is 10.2 Å². The minimum Gasteiger partial charge on any atom is -0.444 e. The molecule has 0 aliphatic heterocycles. The minimum absolute atomic E-state index is 0.0884. The van der Waals surface area contributed by atoms with Crippen LogP contribution in [0.5, 0.6) is 0 Å². The number of rotatable bonds is 5. The molecule has 128 valence electrons. The molecule has 12 heteroatoms. The third-order valence-corrected chi connectivity index (χ3v) is 4.86. The highest BCUT2D eigenvalue weighted by Gasteiger charge is 2.29. The van der Waals surface area contributed by atoms with Gasteiger partial charge in [0.15, 0.2) is 0 Å². The molecule has 10 nitrogen and oxygen atoms in total. The maximum atomic E-state index is 12.2. The fraction of sp³-hybridized carbons (Fsp3) is 0.167. The largest absolute Gasteiger partial charge is 0.444 e. The first kappa shape index (κ1) is 17.9. The second kappa shape index (κ2) is 7.44. The van der Waals surface area contributed by atoms with Gasteiger partial charge in [-0.15, -0.1) is 10.2 Å². The first-order valence-corrected chi connectivity index (χ1v) is 8.79. The van der Waals surface area contributed by atoms with Gasteiger partial charge < -0.3 is 10.5 Å². The number of benzene rings is 1. The number of aromatic nitrogens is 2. The number of anilines is 1. The maximum Gasteiger partial charge on any atom is 0.423 e. The third-order valence-electron chi connectivity index (χ3n) is 2.64.